The van der Waals surface area contributed by atoms with Crippen LogP contribution < -0.4 is 0 Å². The van der Waals surface area contributed by atoms with Gasteiger partial charge in [0.25, 0.3) is 0 Å². The lowest BCUT2D eigenvalue weighted by Crippen LogP contribution is -2.46. The van der Waals surface area contributed by atoms with Crippen LogP contribution in [0.5, 0.6) is 0 Å². The van der Waals surface area contributed by atoms with Gasteiger partial charge in [0.1, 0.15) is 0 Å². The number of rotatable bonds is 6. The fraction of sp³-hybridized carbons (Fsp3) is 0.409. The average molecular weight is 320 g/mol. The highest BCUT2D eigenvalue weighted by Crippen LogP contribution is 2.38. The zero-order chi connectivity index (χ0) is 16.8. The van der Waals surface area contributed by atoms with Crippen molar-refractivity contribution in [2.45, 2.75) is 44.6 Å². The van der Waals surface area contributed by atoms with Crippen molar-refractivity contribution in [3.63, 3.8) is 0 Å². The van der Waals surface area contributed by atoms with Crippen LogP contribution in [0, 0.1) is 5.41 Å². The Kier molecular flexibility index (Phi) is 5.47. The van der Waals surface area contributed by atoms with Gasteiger partial charge in [0.05, 0.1) is 0 Å². The summed E-state index contributed by atoms with van der Waals surface area (Å²) in [5.74, 6) is 0. The van der Waals surface area contributed by atoms with Crippen LogP contribution in [0.4, 0.5) is 0 Å². The molecule has 2 aromatic carbocycles. The molecule has 3 rings (SSSR count). The summed E-state index contributed by atoms with van der Waals surface area (Å²) in [6, 6.07) is 21.5. The van der Waals surface area contributed by atoms with Crippen molar-refractivity contribution in [1.82, 2.24) is 4.90 Å². The molecule has 24 heavy (non-hydrogen) atoms. The van der Waals surface area contributed by atoms with E-state index in [2.05, 4.69) is 72.5 Å². The van der Waals surface area contributed by atoms with Gasteiger partial charge in [-0.05, 0) is 43.5 Å². The Hall–Kier alpha value is -1.93. The normalized spacial score (nSPS) is 17.5. The van der Waals surface area contributed by atoms with Gasteiger partial charge in [-0.2, -0.15) is 0 Å². The van der Waals surface area contributed by atoms with E-state index >= 15 is 0 Å². The molecular weight excluding hydrogens is 292 g/mol. The SMILES string of the molecule is CCCC(=N)C1(c2ccccc2)CCN(Cc2ccccc2)CC1. The number of hydrogen-bond acceptors (Lipinski definition) is 2. The Balaban J connectivity index is 1.75. The summed E-state index contributed by atoms with van der Waals surface area (Å²) in [5, 5.41) is 8.74. The third-order valence-corrected chi connectivity index (χ3v) is 5.36. The van der Waals surface area contributed by atoms with Gasteiger partial charge in [0.2, 0.25) is 0 Å². The molecule has 1 N–H and O–H groups in total. The molecular formula is C22H28N2. The van der Waals surface area contributed by atoms with Crippen LogP contribution in [0.2, 0.25) is 0 Å². The fourth-order valence-electron chi connectivity index (χ4n) is 3.95. The molecule has 1 aliphatic heterocycles. The highest BCUT2D eigenvalue weighted by molar-refractivity contribution is 5.92. The third kappa shape index (κ3) is 3.59. The average Bonchev–Trinajstić information content (AvgIpc) is 2.64. The molecule has 1 saturated heterocycles. The van der Waals surface area contributed by atoms with E-state index in [1.54, 1.807) is 0 Å². The molecule has 0 spiro atoms. The molecule has 0 unspecified atom stereocenters. The van der Waals surface area contributed by atoms with Gasteiger partial charge in [0.15, 0.2) is 0 Å². The van der Waals surface area contributed by atoms with Gasteiger partial charge >= 0.3 is 0 Å². The fourth-order valence-corrected chi connectivity index (χ4v) is 3.95. The van der Waals surface area contributed by atoms with Crippen LogP contribution in [0.3, 0.4) is 0 Å². The molecule has 2 aromatic rings. The number of nitrogens with one attached hydrogen (secondary N) is 1. The molecule has 0 aromatic heterocycles. The molecule has 1 heterocycles. The minimum absolute atomic E-state index is 0.0511. The van der Waals surface area contributed by atoms with E-state index in [0.717, 1.165) is 51.0 Å². The van der Waals surface area contributed by atoms with Crippen molar-refractivity contribution in [2.75, 3.05) is 13.1 Å². The van der Waals surface area contributed by atoms with Crippen molar-refractivity contribution >= 4 is 5.71 Å². The van der Waals surface area contributed by atoms with Crippen molar-refractivity contribution in [3.05, 3.63) is 71.8 Å². The minimum atomic E-state index is -0.0511. The van der Waals surface area contributed by atoms with Gasteiger partial charge in [-0.3, -0.25) is 4.90 Å². The van der Waals surface area contributed by atoms with Crippen LogP contribution >= 0.6 is 0 Å². The predicted octanol–water partition coefficient (Wildman–Crippen LogP) is 5.04. The van der Waals surface area contributed by atoms with Crippen LogP contribution in [0.25, 0.3) is 0 Å². The van der Waals surface area contributed by atoms with E-state index in [9.17, 15) is 0 Å². The van der Waals surface area contributed by atoms with Crippen molar-refractivity contribution < 1.29 is 0 Å². The summed E-state index contributed by atoms with van der Waals surface area (Å²) in [4.78, 5) is 2.54. The Morgan fingerprint density at radius 2 is 1.54 bits per heavy atom. The van der Waals surface area contributed by atoms with E-state index in [0.29, 0.717) is 0 Å². The Bertz CT molecular complexity index is 640. The molecule has 0 amide bonds. The van der Waals surface area contributed by atoms with Crippen LogP contribution in [0.1, 0.15) is 43.7 Å². The largest absolute Gasteiger partial charge is 0.309 e. The summed E-state index contributed by atoms with van der Waals surface area (Å²) in [6.45, 7) is 5.33. The molecule has 2 nitrogen and oxygen atoms in total. The second kappa shape index (κ2) is 7.76. The van der Waals surface area contributed by atoms with Crippen LogP contribution in [0.15, 0.2) is 60.7 Å². The molecule has 0 bridgehead atoms. The lowest BCUT2D eigenvalue weighted by molar-refractivity contribution is 0.182. The number of benzene rings is 2. The highest BCUT2D eigenvalue weighted by Gasteiger charge is 2.39. The summed E-state index contributed by atoms with van der Waals surface area (Å²) < 4.78 is 0. The Morgan fingerprint density at radius 3 is 2.12 bits per heavy atom. The van der Waals surface area contributed by atoms with Crippen LogP contribution in [-0.2, 0) is 12.0 Å². The van der Waals surface area contributed by atoms with Crippen molar-refractivity contribution in [1.29, 1.82) is 5.41 Å². The van der Waals surface area contributed by atoms with Gasteiger partial charge < -0.3 is 5.41 Å². The van der Waals surface area contributed by atoms with E-state index in [1.165, 1.54) is 11.1 Å². The number of likely N-dealkylation sites (tertiary alicyclic amines) is 1. The summed E-state index contributed by atoms with van der Waals surface area (Å²) in [5.41, 5.74) is 3.59. The first kappa shape index (κ1) is 16.9. The summed E-state index contributed by atoms with van der Waals surface area (Å²) >= 11 is 0. The van der Waals surface area contributed by atoms with Gasteiger partial charge in [-0.1, -0.05) is 74.0 Å². The van der Waals surface area contributed by atoms with E-state index in [1.807, 2.05) is 0 Å². The first-order valence-corrected chi connectivity index (χ1v) is 9.14. The Labute approximate surface area is 146 Å². The number of hydrogen-bond donors (Lipinski definition) is 1. The van der Waals surface area contributed by atoms with E-state index in [-0.39, 0.29) is 5.41 Å². The predicted molar refractivity (Wildman–Crippen MR) is 102 cm³/mol. The monoisotopic (exact) mass is 320 g/mol. The minimum Gasteiger partial charge on any atom is -0.309 e. The second-order valence-electron chi connectivity index (χ2n) is 6.94. The number of nitrogens with zero attached hydrogens (tertiary/aromatic N) is 1. The van der Waals surface area contributed by atoms with Gasteiger partial charge in [-0.15, -0.1) is 0 Å². The number of piperidine rings is 1. The standard InChI is InChI=1S/C22H28N2/c1-2-9-21(23)22(20-12-7-4-8-13-20)14-16-24(17-15-22)18-19-10-5-3-6-11-19/h3-8,10-13,23H,2,9,14-18H2,1H3. The lowest BCUT2D eigenvalue weighted by Gasteiger charge is -2.43. The first-order chi connectivity index (χ1) is 11.7. The first-order valence-electron chi connectivity index (χ1n) is 9.14. The summed E-state index contributed by atoms with van der Waals surface area (Å²) in [6.07, 6.45) is 4.08. The zero-order valence-corrected chi connectivity index (χ0v) is 14.7. The van der Waals surface area contributed by atoms with Gasteiger partial charge in [-0.25, -0.2) is 0 Å². The lowest BCUT2D eigenvalue weighted by atomic mass is 9.68. The molecule has 0 saturated carbocycles. The van der Waals surface area contributed by atoms with E-state index < -0.39 is 0 Å². The maximum absolute atomic E-state index is 8.74. The van der Waals surface area contributed by atoms with E-state index in [4.69, 9.17) is 5.41 Å². The molecule has 0 atom stereocenters. The molecule has 1 aliphatic rings. The van der Waals surface area contributed by atoms with Crippen molar-refractivity contribution in [3.8, 4) is 0 Å². The quantitative estimate of drug-likeness (QED) is 0.742. The molecule has 126 valence electrons. The zero-order valence-electron chi connectivity index (χ0n) is 14.7. The maximum atomic E-state index is 8.74. The Morgan fingerprint density at radius 1 is 0.958 bits per heavy atom. The molecule has 2 heteroatoms. The highest BCUT2D eigenvalue weighted by atomic mass is 15.1. The molecule has 0 radical (unpaired) electrons. The topological polar surface area (TPSA) is 27.1 Å². The molecule has 1 fully saturated rings. The molecule has 0 aliphatic carbocycles. The van der Waals surface area contributed by atoms with Crippen LogP contribution in [-0.4, -0.2) is 23.7 Å². The summed E-state index contributed by atoms with van der Waals surface area (Å²) in [7, 11) is 0. The smallest absolute Gasteiger partial charge is 0.0353 e. The third-order valence-electron chi connectivity index (χ3n) is 5.36. The van der Waals surface area contributed by atoms with Gasteiger partial charge in [0, 0.05) is 17.7 Å². The maximum Gasteiger partial charge on any atom is 0.0353 e. The second-order valence-corrected chi connectivity index (χ2v) is 6.94. The van der Waals surface area contributed by atoms with Crippen molar-refractivity contribution in [2.24, 2.45) is 0 Å².